The zero-order valence-corrected chi connectivity index (χ0v) is 8.58. The Morgan fingerprint density at radius 2 is 1.62 bits per heavy atom. The number of benzene rings is 2. The van der Waals surface area contributed by atoms with Crippen LogP contribution in [-0.2, 0) is 0 Å². The van der Waals surface area contributed by atoms with Crippen molar-refractivity contribution < 1.29 is 1.37 Å². The molecule has 0 amide bonds. The Morgan fingerprint density at radius 3 is 2.31 bits per heavy atom. The van der Waals surface area contributed by atoms with Crippen molar-refractivity contribution in [2.24, 2.45) is 0 Å². The minimum Gasteiger partial charge on any atom is -0.0622 e. The van der Waals surface area contributed by atoms with E-state index in [-0.39, 0.29) is 0 Å². The number of hydrogen-bond donors (Lipinski definition) is 0. The molecule has 0 fully saturated rings. The standard InChI is InChI=1S/C12H9Br/c13-12-8-4-7-11(9-12)10-5-2-1-3-6-10/h1-9H/i1D. The van der Waals surface area contributed by atoms with E-state index in [1.807, 2.05) is 24.3 Å². The minimum absolute atomic E-state index is 0.545. The van der Waals surface area contributed by atoms with Crippen LogP contribution < -0.4 is 0 Å². The van der Waals surface area contributed by atoms with Crippen molar-refractivity contribution in [1.29, 1.82) is 0 Å². The van der Waals surface area contributed by atoms with Gasteiger partial charge in [0, 0.05) is 4.47 Å². The molecule has 0 aliphatic rings. The van der Waals surface area contributed by atoms with Crippen molar-refractivity contribution in [2.45, 2.75) is 0 Å². The van der Waals surface area contributed by atoms with Gasteiger partial charge in [-0.3, -0.25) is 0 Å². The summed E-state index contributed by atoms with van der Waals surface area (Å²) >= 11 is 3.44. The van der Waals surface area contributed by atoms with E-state index in [0.29, 0.717) is 6.04 Å². The van der Waals surface area contributed by atoms with Crippen LogP contribution >= 0.6 is 15.9 Å². The first-order valence-electron chi connectivity index (χ1n) is 4.58. The molecule has 0 saturated carbocycles. The SMILES string of the molecule is [2H]c1ccc(-c2cccc(Br)c2)cc1. The normalized spacial score (nSPS) is 11.0. The third kappa shape index (κ3) is 1.99. The van der Waals surface area contributed by atoms with Crippen LogP contribution in [0.25, 0.3) is 11.1 Å². The lowest BCUT2D eigenvalue weighted by molar-refractivity contribution is 1.59. The monoisotopic (exact) mass is 233 g/mol. The lowest BCUT2D eigenvalue weighted by Crippen LogP contribution is -1.75. The van der Waals surface area contributed by atoms with Gasteiger partial charge >= 0.3 is 0 Å². The van der Waals surface area contributed by atoms with Crippen LogP contribution in [0.4, 0.5) is 0 Å². The zero-order chi connectivity index (χ0) is 9.97. The number of halogens is 1. The average Bonchev–Trinajstić information content (AvgIpc) is 2.19. The van der Waals surface area contributed by atoms with E-state index in [1.165, 1.54) is 5.56 Å². The van der Waals surface area contributed by atoms with Crippen LogP contribution in [0, 0.1) is 0 Å². The quantitative estimate of drug-likeness (QED) is 0.696. The lowest BCUT2D eigenvalue weighted by Gasteiger charge is -2.00. The van der Waals surface area contributed by atoms with Gasteiger partial charge < -0.3 is 0 Å². The molecule has 0 N–H and O–H groups in total. The Bertz CT molecular complexity index is 434. The molecule has 0 spiro atoms. The van der Waals surface area contributed by atoms with Gasteiger partial charge in [0.2, 0.25) is 0 Å². The van der Waals surface area contributed by atoms with E-state index in [9.17, 15) is 0 Å². The summed E-state index contributed by atoms with van der Waals surface area (Å²) < 4.78 is 8.46. The summed E-state index contributed by atoms with van der Waals surface area (Å²) in [5.74, 6) is 0. The largest absolute Gasteiger partial charge is 0.0623 e. The lowest BCUT2D eigenvalue weighted by atomic mass is 10.1. The molecule has 1 heteroatoms. The van der Waals surface area contributed by atoms with Crippen molar-refractivity contribution in [3.05, 3.63) is 59.0 Å². The summed E-state index contributed by atoms with van der Waals surface area (Å²) in [7, 11) is 0. The summed E-state index contributed by atoms with van der Waals surface area (Å²) in [5, 5.41) is 0. The second kappa shape index (κ2) is 3.75. The molecule has 0 aromatic heterocycles. The number of rotatable bonds is 1. The predicted octanol–water partition coefficient (Wildman–Crippen LogP) is 4.12. The molecule has 0 unspecified atom stereocenters. The molecule has 0 nitrogen and oxygen atoms in total. The van der Waals surface area contributed by atoms with Crippen molar-refractivity contribution in [3.8, 4) is 11.1 Å². The summed E-state index contributed by atoms with van der Waals surface area (Å²) in [5.41, 5.74) is 2.31. The molecule has 0 heterocycles. The van der Waals surface area contributed by atoms with Gasteiger partial charge in [-0.2, -0.15) is 0 Å². The molecular weight excluding hydrogens is 224 g/mol. The summed E-state index contributed by atoms with van der Waals surface area (Å²) in [6.07, 6.45) is 0. The van der Waals surface area contributed by atoms with E-state index in [2.05, 4.69) is 28.1 Å². The average molecular weight is 234 g/mol. The maximum Gasteiger partial charge on any atom is 0.0623 e. The fraction of sp³-hybridized carbons (Fsp3) is 0. The molecule has 0 radical (unpaired) electrons. The summed E-state index contributed by atoms with van der Waals surface area (Å²) in [6, 6.07) is 16.2. The van der Waals surface area contributed by atoms with E-state index >= 15 is 0 Å². The van der Waals surface area contributed by atoms with Gasteiger partial charge in [-0.05, 0) is 23.3 Å². The van der Waals surface area contributed by atoms with Crippen LogP contribution in [0.1, 0.15) is 1.37 Å². The van der Waals surface area contributed by atoms with E-state index in [0.717, 1.165) is 10.0 Å². The molecule has 2 aromatic rings. The third-order valence-corrected chi connectivity index (χ3v) is 2.37. The van der Waals surface area contributed by atoms with E-state index in [1.54, 1.807) is 12.1 Å². The summed E-state index contributed by atoms with van der Waals surface area (Å²) in [6.45, 7) is 0. The highest BCUT2D eigenvalue weighted by Gasteiger charge is 1.95. The third-order valence-electron chi connectivity index (χ3n) is 1.88. The predicted molar refractivity (Wildman–Crippen MR) is 59.6 cm³/mol. The fourth-order valence-electron chi connectivity index (χ4n) is 1.25. The van der Waals surface area contributed by atoms with Gasteiger partial charge in [0.05, 0.1) is 1.37 Å². The second-order valence-electron chi connectivity index (χ2n) is 2.80. The highest BCUT2D eigenvalue weighted by molar-refractivity contribution is 9.10. The maximum atomic E-state index is 7.39. The van der Waals surface area contributed by atoms with Crippen molar-refractivity contribution in [2.75, 3.05) is 0 Å². The maximum absolute atomic E-state index is 7.39. The molecule has 0 aliphatic heterocycles. The smallest absolute Gasteiger partial charge is 0.0622 e. The van der Waals surface area contributed by atoms with Crippen molar-refractivity contribution in [1.82, 2.24) is 0 Å². The van der Waals surface area contributed by atoms with Crippen LogP contribution in [-0.4, -0.2) is 0 Å². The molecule has 0 atom stereocenters. The molecule has 2 aromatic carbocycles. The fourth-order valence-corrected chi connectivity index (χ4v) is 1.65. The van der Waals surface area contributed by atoms with Crippen molar-refractivity contribution >= 4 is 15.9 Å². The Balaban J connectivity index is 2.44. The highest BCUT2D eigenvalue weighted by Crippen LogP contribution is 2.22. The number of hydrogen-bond acceptors (Lipinski definition) is 0. The van der Waals surface area contributed by atoms with E-state index in [4.69, 9.17) is 1.37 Å². The second-order valence-corrected chi connectivity index (χ2v) is 3.71. The minimum atomic E-state index is 0.545. The zero-order valence-electron chi connectivity index (χ0n) is 8.00. The molecule has 0 saturated heterocycles. The Labute approximate surface area is 87.8 Å². The molecule has 0 aliphatic carbocycles. The first-order chi connectivity index (χ1) is 6.75. The first-order valence-corrected chi connectivity index (χ1v) is 4.87. The van der Waals surface area contributed by atoms with Crippen LogP contribution in [0.15, 0.2) is 59.0 Å². The van der Waals surface area contributed by atoms with Gasteiger partial charge in [-0.15, -0.1) is 0 Å². The van der Waals surface area contributed by atoms with Crippen molar-refractivity contribution in [3.63, 3.8) is 0 Å². The van der Waals surface area contributed by atoms with Crippen LogP contribution in [0.5, 0.6) is 0 Å². The van der Waals surface area contributed by atoms with Gasteiger partial charge in [0.15, 0.2) is 0 Å². The van der Waals surface area contributed by atoms with Gasteiger partial charge in [0.1, 0.15) is 0 Å². The Hall–Kier alpha value is -1.08. The Kier molecular flexibility index (Phi) is 2.12. The molecule has 2 rings (SSSR count). The van der Waals surface area contributed by atoms with Crippen LogP contribution in [0.3, 0.4) is 0 Å². The molecule has 64 valence electrons. The van der Waals surface area contributed by atoms with Gasteiger partial charge in [-0.25, -0.2) is 0 Å². The van der Waals surface area contributed by atoms with Gasteiger partial charge in [-0.1, -0.05) is 58.4 Å². The molecular formula is C12H9Br. The topological polar surface area (TPSA) is 0 Å². The highest BCUT2D eigenvalue weighted by atomic mass is 79.9. The Morgan fingerprint density at radius 1 is 0.923 bits per heavy atom. The summed E-state index contributed by atoms with van der Waals surface area (Å²) in [4.78, 5) is 0. The molecule has 13 heavy (non-hydrogen) atoms. The van der Waals surface area contributed by atoms with Crippen LogP contribution in [0.2, 0.25) is 0 Å². The van der Waals surface area contributed by atoms with E-state index < -0.39 is 0 Å². The first kappa shape index (κ1) is 7.34. The van der Waals surface area contributed by atoms with Gasteiger partial charge in [0.25, 0.3) is 0 Å². The molecule has 0 bridgehead atoms.